The largest absolute Gasteiger partial charge is 0.445 e. The quantitative estimate of drug-likeness (QED) is 0.327. The molecular weight excluding hydrogens is 516 g/mol. The highest BCUT2D eigenvalue weighted by molar-refractivity contribution is 6.00. The molecule has 2 aromatic carbocycles. The minimum Gasteiger partial charge on any atom is -0.445 e. The van der Waals surface area contributed by atoms with Gasteiger partial charge in [0.2, 0.25) is 11.8 Å². The van der Waals surface area contributed by atoms with Crippen molar-refractivity contribution < 1.29 is 19.1 Å². The number of carbonyl (C=O) groups is 3. The Morgan fingerprint density at radius 2 is 1.61 bits per heavy atom. The number of ether oxygens (including phenoxy) is 1. The van der Waals surface area contributed by atoms with E-state index in [0.29, 0.717) is 38.8 Å². The van der Waals surface area contributed by atoms with Gasteiger partial charge in [0.15, 0.2) is 0 Å². The van der Waals surface area contributed by atoms with Crippen molar-refractivity contribution in [3.05, 3.63) is 71.8 Å². The molecule has 2 heterocycles. The first-order valence-electron chi connectivity index (χ1n) is 15.3. The SMILES string of the molecule is CCCN1C(=O)[C@@H](CCCCNC(=O)OCc2ccccc2)NC(=O)C12CCN(CCCCc1ccccc1)CC2. The van der Waals surface area contributed by atoms with E-state index in [0.717, 1.165) is 57.3 Å². The first kappa shape index (κ1) is 30.6. The Labute approximate surface area is 244 Å². The molecule has 2 saturated heterocycles. The second-order valence-electron chi connectivity index (χ2n) is 11.3. The molecule has 0 saturated carbocycles. The van der Waals surface area contributed by atoms with E-state index in [1.165, 1.54) is 5.56 Å². The minimum atomic E-state index is -0.728. The fourth-order valence-electron chi connectivity index (χ4n) is 6.01. The third kappa shape index (κ3) is 8.55. The molecule has 8 heteroatoms. The average Bonchev–Trinajstić information content (AvgIpc) is 3.00. The third-order valence-electron chi connectivity index (χ3n) is 8.37. The number of carbonyl (C=O) groups excluding carboxylic acids is 3. The minimum absolute atomic E-state index is 0.00175. The van der Waals surface area contributed by atoms with E-state index >= 15 is 0 Å². The van der Waals surface area contributed by atoms with Crippen molar-refractivity contribution in [1.82, 2.24) is 20.4 Å². The number of nitrogens with zero attached hydrogens (tertiary/aromatic N) is 2. The normalized spacial score (nSPS) is 18.8. The number of hydrogen-bond acceptors (Lipinski definition) is 5. The summed E-state index contributed by atoms with van der Waals surface area (Å²) in [6.45, 7) is 6.07. The van der Waals surface area contributed by atoms with Crippen molar-refractivity contribution in [3.8, 4) is 0 Å². The lowest BCUT2D eigenvalue weighted by Gasteiger charge is -2.51. The van der Waals surface area contributed by atoms with Gasteiger partial charge in [-0.05, 0) is 75.5 Å². The average molecular weight is 563 g/mol. The summed E-state index contributed by atoms with van der Waals surface area (Å²) in [5.74, 6) is 0.0416. The molecule has 2 aliphatic rings. The molecule has 0 aromatic heterocycles. The maximum Gasteiger partial charge on any atom is 0.407 e. The fraction of sp³-hybridized carbons (Fsp3) is 0.545. The highest BCUT2D eigenvalue weighted by Crippen LogP contribution is 2.34. The summed E-state index contributed by atoms with van der Waals surface area (Å²) >= 11 is 0. The van der Waals surface area contributed by atoms with Crippen LogP contribution in [0.4, 0.5) is 4.79 Å². The van der Waals surface area contributed by atoms with Crippen molar-refractivity contribution in [1.29, 1.82) is 0 Å². The number of piperazine rings is 1. The van der Waals surface area contributed by atoms with E-state index in [-0.39, 0.29) is 18.4 Å². The van der Waals surface area contributed by atoms with Crippen LogP contribution in [0.3, 0.4) is 0 Å². The summed E-state index contributed by atoms with van der Waals surface area (Å²) < 4.78 is 5.24. The summed E-state index contributed by atoms with van der Waals surface area (Å²) in [7, 11) is 0. The van der Waals surface area contributed by atoms with Crippen molar-refractivity contribution in [3.63, 3.8) is 0 Å². The Kier molecular flexibility index (Phi) is 11.6. The molecule has 0 aliphatic carbocycles. The standard InChI is InChI=1S/C33H46N4O4/c1-2-22-37-30(38)29(18-9-11-21-34-32(40)41-26-28-16-7-4-8-17-28)35-31(39)33(37)19-24-36(25-20-33)23-12-10-15-27-13-5-3-6-14-27/h3-8,13-14,16-17,29H,2,9-12,15,18-26H2,1H3,(H,34,40)(H,35,39)/t29-/m1/s1. The Hall–Kier alpha value is -3.39. The van der Waals surface area contributed by atoms with Crippen LogP contribution in [0.2, 0.25) is 0 Å². The number of hydrogen-bond donors (Lipinski definition) is 2. The molecule has 222 valence electrons. The Balaban J connectivity index is 1.17. The molecule has 0 radical (unpaired) electrons. The van der Waals surface area contributed by atoms with Crippen molar-refractivity contribution in [2.24, 2.45) is 0 Å². The maximum atomic E-state index is 13.6. The Morgan fingerprint density at radius 3 is 2.29 bits per heavy atom. The summed E-state index contributed by atoms with van der Waals surface area (Å²) in [6, 6.07) is 19.6. The molecule has 4 rings (SSSR count). The number of benzene rings is 2. The van der Waals surface area contributed by atoms with Gasteiger partial charge in [-0.25, -0.2) is 4.79 Å². The Bertz CT molecular complexity index is 1100. The molecule has 2 aromatic rings. The number of aryl methyl sites for hydroxylation is 1. The van der Waals surface area contributed by atoms with Gasteiger partial charge in [0.05, 0.1) is 0 Å². The number of amides is 3. The number of piperidine rings is 1. The van der Waals surface area contributed by atoms with E-state index in [2.05, 4.69) is 52.8 Å². The molecule has 0 unspecified atom stereocenters. The molecule has 0 bridgehead atoms. The van der Waals surface area contributed by atoms with Crippen LogP contribution in [0.15, 0.2) is 60.7 Å². The molecule has 3 amide bonds. The van der Waals surface area contributed by atoms with Crippen LogP contribution in [0.1, 0.15) is 69.4 Å². The van der Waals surface area contributed by atoms with Gasteiger partial charge in [-0.3, -0.25) is 9.59 Å². The highest BCUT2D eigenvalue weighted by Gasteiger charge is 2.52. The second kappa shape index (κ2) is 15.6. The zero-order chi connectivity index (χ0) is 28.9. The van der Waals surface area contributed by atoms with Crippen LogP contribution in [-0.4, -0.2) is 72.0 Å². The van der Waals surface area contributed by atoms with E-state index < -0.39 is 17.7 Å². The van der Waals surface area contributed by atoms with Crippen LogP contribution in [0, 0.1) is 0 Å². The molecular formula is C33H46N4O4. The van der Waals surface area contributed by atoms with Crippen LogP contribution >= 0.6 is 0 Å². The van der Waals surface area contributed by atoms with E-state index in [1.807, 2.05) is 35.2 Å². The summed E-state index contributed by atoms with van der Waals surface area (Å²) in [6.07, 6.45) is 7.12. The number of likely N-dealkylation sites (tertiary alicyclic amines) is 1. The number of unbranched alkanes of at least 4 members (excludes halogenated alkanes) is 2. The number of rotatable bonds is 14. The van der Waals surface area contributed by atoms with Crippen LogP contribution in [0.5, 0.6) is 0 Å². The lowest BCUT2D eigenvalue weighted by Crippen LogP contribution is -2.72. The monoisotopic (exact) mass is 562 g/mol. The highest BCUT2D eigenvalue weighted by atomic mass is 16.5. The fourth-order valence-corrected chi connectivity index (χ4v) is 6.01. The van der Waals surface area contributed by atoms with Gasteiger partial charge in [0.1, 0.15) is 18.2 Å². The first-order chi connectivity index (χ1) is 20.0. The van der Waals surface area contributed by atoms with Gasteiger partial charge in [-0.1, -0.05) is 67.6 Å². The van der Waals surface area contributed by atoms with Crippen molar-refractivity contribution >= 4 is 17.9 Å². The zero-order valence-electron chi connectivity index (χ0n) is 24.5. The van der Waals surface area contributed by atoms with Crippen LogP contribution in [0.25, 0.3) is 0 Å². The lowest BCUT2D eigenvalue weighted by atomic mass is 9.81. The van der Waals surface area contributed by atoms with Gasteiger partial charge < -0.3 is 25.2 Å². The zero-order valence-corrected chi connectivity index (χ0v) is 24.5. The molecule has 2 N–H and O–H groups in total. The predicted octanol–water partition coefficient (Wildman–Crippen LogP) is 4.68. The second-order valence-corrected chi connectivity index (χ2v) is 11.3. The van der Waals surface area contributed by atoms with Crippen LogP contribution in [-0.2, 0) is 27.4 Å². The van der Waals surface area contributed by atoms with E-state index in [4.69, 9.17) is 4.74 Å². The number of alkyl carbamates (subject to hydrolysis) is 1. The summed E-state index contributed by atoms with van der Waals surface area (Å²) in [4.78, 5) is 43.4. The summed E-state index contributed by atoms with van der Waals surface area (Å²) in [5.41, 5.74) is 1.59. The predicted molar refractivity (Wildman–Crippen MR) is 160 cm³/mol. The number of nitrogens with one attached hydrogen (secondary N) is 2. The van der Waals surface area contributed by atoms with Crippen molar-refractivity contribution in [2.45, 2.75) is 82.9 Å². The van der Waals surface area contributed by atoms with Gasteiger partial charge in [0.25, 0.3) is 0 Å². The molecule has 41 heavy (non-hydrogen) atoms. The van der Waals surface area contributed by atoms with Gasteiger partial charge in [-0.2, -0.15) is 0 Å². The molecule has 2 aliphatic heterocycles. The smallest absolute Gasteiger partial charge is 0.407 e. The van der Waals surface area contributed by atoms with Gasteiger partial charge in [-0.15, -0.1) is 0 Å². The first-order valence-corrected chi connectivity index (χ1v) is 15.3. The van der Waals surface area contributed by atoms with Crippen molar-refractivity contribution in [2.75, 3.05) is 32.7 Å². The molecule has 1 atom stereocenters. The molecule has 1 spiro atoms. The van der Waals surface area contributed by atoms with E-state index in [9.17, 15) is 14.4 Å². The third-order valence-corrected chi connectivity index (χ3v) is 8.37. The topological polar surface area (TPSA) is 91.0 Å². The van der Waals surface area contributed by atoms with Gasteiger partial charge >= 0.3 is 6.09 Å². The van der Waals surface area contributed by atoms with E-state index in [1.54, 1.807) is 0 Å². The molecule has 8 nitrogen and oxygen atoms in total. The van der Waals surface area contributed by atoms with Crippen LogP contribution < -0.4 is 10.6 Å². The lowest BCUT2D eigenvalue weighted by molar-refractivity contribution is -0.161. The van der Waals surface area contributed by atoms with Gasteiger partial charge in [0, 0.05) is 26.2 Å². The maximum absolute atomic E-state index is 13.6. The summed E-state index contributed by atoms with van der Waals surface area (Å²) in [5, 5.41) is 5.85. The Morgan fingerprint density at radius 1 is 0.927 bits per heavy atom. The molecule has 2 fully saturated rings.